The van der Waals surface area contributed by atoms with Crippen molar-refractivity contribution < 1.29 is 4.74 Å². The van der Waals surface area contributed by atoms with E-state index in [0.717, 1.165) is 6.42 Å². The summed E-state index contributed by atoms with van der Waals surface area (Å²) in [6.07, 6.45) is 5.62. The maximum Gasteiger partial charge on any atom is 0.0351 e. The summed E-state index contributed by atoms with van der Waals surface area (Å²) in [7, 11) is 3.25. The van der Waals surface area contributed by atoms with E-state index >= 15 is 0 Å². The quantitative estimate of drug-likeness (QED) is 0.586. The second-order valence-electron chi connectivity index (χ2n) is 2.98. The Morgan fingerprint density at radius 3 is 2.18 bits per heavy atom. The van der Waals surface area contributed by atoms with Gasteiger partial charge in [-0.05, 0) is 25.2 Å². The van der Waals surface area contributed by atoms with Crippen LogP contribution in [0.5, 0.6) is 0 Å². The monoisotopic (exact) mass is 157 g/mol. The molecule has 0 amide bonds. The lowest BCUT2D eigenvalue weighted by molar-refractivity contribution is 0.277. The molecule has 0 spiro atoms. The molecular formula is C9H19NO. The van der Waals surface area contributed by atoms with E-state index in [2.05, 4.69) is 11.3 Å². The molecule has 2 heteroatoms. The van der Waals surface area contributed by atoms with Crippen molar-refractivity contribution in [2.24, 2.45) is 11.7 Å². The molecule has 0 aromatic rings. The lowest BCUT2D eigenvalue weighted by Crippen LogP contribution is -2.14. The van der Waals surface area contributed by atoms with Crippen LogP contribution >= 0.6 is 0 Å². The maximum absolute atomic E-state index is 5.65. The van der Waals surface area contributed by atoms with E-state index in [1.165, 1.54) is 12.8 Å². The van der Waals surface area contributed by atoms with Crippen molar-refractivity contribution >= 4 is 0 Å². The number of allylic oxidation sites excluding steroid dienone is 1. The average molecular weight is 157 g/mol. The number of rotatable bonds is 1. The second kappa shape index (κ2) is 6.38. The zero-order valence-corrected chi connectivity index (χ0v) is 7.55. The third-order valence-electron chi connectivity index (χ3n) is 1.85. The van der Waals surface area contributed by atoms with E-state index in [1.807, 2.05) is 6.08 Å². The summed E-state index contributed by atoms with van der Waals surface area (Å²) < 4.78 is 4.25. The summed E-state index contributed by atoms with van der Waals surface area (Å²) >= 11 is 0. The largest absolute Gasteiger partial charge is 0.388 e. The third kappa shape index (κ3) is 4.99. The Hall–Kier alpha value is -0.340. The predicted octanol–water partition coefficient (Wildman–Crippen LogP) is 1.56. The molecule has 0 saturated heterocycles. The molecule has 2 N–H and O–H groups in total. The fraction of sp³-hybridized carbons (Fsp3) is 0.778. The van der Waals surface area contributed by atoms with Crippen molar-refractivity contribution in [2.75, 3.05) is 14.2 Å². The molecule has 0 heterocycles. The summed E-state index contributed by atoms with van der Waals surface area (Å²) in [6.45, 7) is 3.72. The summed E-state index contributed by atoms with van der Waals surface area (Å²) in [5.41, 5.74) is 5.65. The van der Waals surface area contributed by atoms with Gasteiger partial charge in [0.1, 0.15) is 0 Å². The van der Waals surface area contributed by atoms with Crippen LogP contribution < -0.4 is 5.73 Å². The SMILES string of the molecule is C=CC1CCC(N)C1.COC. The van der Waals surface area contributed by atoms with Crippen molar-refractivity contribution in [1.82, 2.24) is 0 Å². The Balaban J connectivity index is 0.000000292. The summed E-state index contributed by atoms with van der Waals surface area (Å²) in [5, 5.41) is 0. The smallest absolute Gasteiger partial charge is 0.0351 e. The fourth-order valence-electron chi connectivity index (χ4n) is 1.27. The molecule has 1 saturated carbocycles. The van der Waals surface area contributed by atoms with E-state index in [-0.39, 0.29) is 0 Å². The van der Waals surface area contributed by atoms with Crippen molar-refractivity contribution in [3.05, 3.63) is 12.7 Å². The molecule has 2 atom stereocenters. The third-order valence-corrected chi connectivity index (χ3v) is 1.85. The van der Waals surface area contributed by atoms with E-state index in [9.17, 15) is 0 Å². The van der Waals surface area contributed by atoms with Gasteiger partial charge in [-0.3, -0.25) is 0 Å². The van der Waals surface area contributed by atoms with Crippen LogP contribution in [0.1, 0.15) is 19.3 Å². The highest BCUT2D eigenvalue weighted by Gasteiger charge is 2.17. The molecule has 0 aromatic heterocycles. The van der Waals surface area contributed by atoms with Crippen LogP contribution in [0.3, 0.4) is 0 Å². The van der Waals surface area contributed by atoms with Gasteiger partial charge in [0, 0.05) is 20.3 Å². The standard InChI is InChI=1S/C7H13N.C2H6O/c1-2-6-3-4-7(8)5-6;1-3-2/h2,6-7H,1,3-5,8H2;1-2H3. The van der Waals surface area contributed by atoms with Crippen molar-refractivity contribution in [3.63, 3.8) is 0 Å². The van der Waals surface area contributed by atoms with Gasteiger partial charge < -0.3 is 10.5 Å². The maximum atomic E-state index is 5.65. The molecule has 66 valence electrons. The lowest BCUT2D eigenvalue weighted by Gasteiger charge is -1.98. The molecule has 1 fully saturated rings. The van der Waals surface area contributed by atoms with Gasteiger partial charge in [0.2, 0.25) is 0 Å². The number of methoxy groups -OCH3 is 1. The van der Waals surface area contributed by atoms with Gasteiger partial charge in [-0.25, -0.2) is 0 Å². The Kier molecular flexibility index (Phi) is 6.18. The average Bonchev–Trinajstić information content (AvgIpc) is 2.37. The molecular weight excluding hydrogens is 138 g/mol. The second-order valence-corrected chi connectivity index (χ2v) is 2.98. The van der Waals surface area contributed by atoms with Gasteiger partial charge in [-0.2, -0.15) is 0 Å². The van der Waals surface area contributed by atoms with Gasteiger partial charge in [0.15, 0.2) is 0 Å². The molecule has 1 aliphatic carbocycles. The van der Waals surface area contributed by atoms with Crippen LogP contribution in [0.2, 0.25) is 0 Å². The first-order chi connectivity index (χ1) is 5.24. The molecule has 0 radical (unpaired) electrons. The zero-order chi connectivity index (χ0) is 8.69. The van der Waals surface area contributed by atoms with Gasteiger partial charge in [0.05, 0.1) is 0 Å². The normalized spacial score (nSPS) is 29.0. The first-order valence-corrected chi connectivity index (χ1v) is 4.02. The minimum absolute atomic E-state index is 0.456. The fourth-order valence-corrected chi connectivity index (χ4v) is 1.27. The molecule has 1 rings (SSSR count). The Labute approximate surface area is 69.4 Å². The predicted molar refractivity (Wildman–Crippen MR) is 48.4 cm³/mol. The Morgan fingerprint density at radius 2 is 2.00 bits per heavy atom. The summed E-state index contributed by atoms with van der Waals surface area (Å²) in [4.78, 5) is 0. The van der Waals surface area contributed by atoms with Gasteiger partial charge in [-0.1, -0.05) is 6.08 Å². The lowest BCUT2D eigenvalue weighted by atomic mass is 10.1. The van der Waals surface area contributed by atoms with Gasteiger partial charge in [-0.15, -0.1) is 6.58 Å². The molecule has 2 unspecified atom stereocenters. The molecule has 0 aromatic carbocycles. The molecule has 0 aliphatic heterocycles. The van der Waals surface area contributed by atoms with Crippen LogP contribution in [-0.2, 0) is 4.74 Å². The molecule has 2 nitrogen and oxygen atoms in total. The Morgan fingerprint density at radius 1 is 1.45 bits per heavy atom. The van der Waals surface area contributed by atoms with E-state index in [4.69, 9.17) is 5.73 Å². The molecule has 11 heavy (non-hydrogen) atoms. The van der Waals surface area contributed by atoms with Crippen LogP contribution in [-0.4, -0.2) is 20.3 Å². The van der Waals surface area contributed by atoms with Crippen LogP contribution in [0.25, 0.3) is 0 Å². The summed E-state index contributed by atoms with van der Waals surface area (Å²) in [5.74, 6) is 0.713. The highest BCUT2D eigenvalue weighted by molar-refractivity contribution is 4.88. The van der Waals surface area contributed by atoms with Crippen LogP contribution in [0.15, 0.2) is 12.7 Å². The van der Waals surface area contributed by atoms with Crippen LogP contribution in [0, 0.1) is 5.92 Å². The van der Waals surface area contributed by atoms with E-state index < -0.39 is 0 Å². The highest BCUT2D eigenvalue weighted by atomic mass is 16.4. The number of hydrogen-bond donors (Lipinski definition) is 1. The van der Waals surface area contributed by atoms with Gasteiger partial charge >= 0.3 is 0 Å². The van der Waals surface area contributed by atoms with Gasteiger partial charge in [0.25, 0.3) is 0 Å². The van der Waals surface area contributed by atoms with E-state index in [0.29, 0.717) is 12.0 Å². The van der Waals surface area contributed by atoms with Crippen molar-refractivity contribution in [1.29, 1.82) is 0 Å². The number of ether oxygens (including phenoxy) is 1. The highest BCUT2D eigenvalue weighted by Crippen LogP contribution is 2.24. The van der Waals surface area contributed by atoms with E-state index in [1.54, 1.807) is 14.2 Å². The number of nitrogens with two attached hydrogens (primary N) is 1. The topological polar surface area (TPSA) is 35.2 Å². The molecule has 1 aliphatic rings. The minimum Gasteiger partial charge on any atom is -0.388 e. The Bertz CT molecular complexity index is 104. The van der Waals surface area contributed by atoms with Crippen LogP contribution in [0.4, 0.5) is 0 Å². The molecule has 0 bridgehead atoms. The van der Waals surface area contributed by atoms with Crippen molar-refractivity contribution in [2.45, 2.75) is 25.3 Å². The first kappa shape index (κ1) is 10.7. The zero-order valence-electron chi connectivity index (χ0n) is 7.55. The van der Waals surface area contributed by atoms with Crippen molar-refractivity contribution in [3.8, 4) is 0 Å². The number of hydrogen-bond acceptors (Lipinski definition) is 2. The minimum atomic E-state index is 0.456. The first-order valence-electron chi connectivity index (χ1n) is 4.02. The summed E-state index contributed by atoms with van der Waals surface area (Å²) in [6, 6.07) is 0.456.